The van der Waals surface area contributed by atoms with Gasteiger partial charge in [-0.3, -0.25) is 15.4 Å². The molecule has 3 rings (SSSR count). The number of benzene rings is 2. The third kappa shape index (κ3) is 6.27. The first-order chi connectivity index (χ1) is 14.7. The molecule has 0 aliphatic heterocycles. The number of rotatable bonds is 6. The lowest BCUT2D eigenvalue weighted by Gasteiger charge is -2.19. The van der Waals surface area contributed by atoms with Gasteiger partial charge in [0.1, 0.15) is 12.2 Å². The smallest absolute Gasteiger partial charge is 0.412 e. The molecule has 0 saturated heterocycles. The Morgan fingerprint density at radius 3 is 2.45 bits per heavy atom. The molecular formula is C23H23N3O5. The molecule has 0 aliphatic carbocycles. The lowest BCUT2D eigenvalue weighted by Crippen LogP contribution is -2.27. The fourth-order valence-electron chi connectivity index (χ4n) is 2.78. The van der Waals surface area contributed by atoms with E-state index >= 15 is 0 Å². The predicted molar refractivity (Wildman–Crippen MR) is 117 cm³/mol. The van der Waals surface area contributed by atoms with Crippen LogP contribution >= 0.6 is 0 Å². The molecule has 0 bridgehead atoms. The molecule has 2 aromatic carbocycles. The number of ether oxygens (including phenoxy) is 2. The van der Waals surface area contributed by atoms with Crippen molar-refractivity contribution in [2.75, 3.05) is 5.32 Å². The molecule has 1 aromatic heterocycles. The van der Waals surface area contributed by atoms with Gasteiger partial charge in [0.2, 0.25) is 5.88 Å². The summed E-state index contributed by atoms with van der Waals surface area (Å²) in [5.74, 6) is 0.415. The average molecular weight is 421 g/mol. The molecule has 160 valence electrons. The molecule has 31 heavy (non-hydrogen) atoms. The Morgan fingerprint density at radius 1 is 1.10 bits per heavy atom. The molecular weight excluding hydrogens is 398 g/mol. The SMILES string of the molecule is CC(C)(C)OC(=O)Nc1ccc(-c2ccc(OCc3ccccc3)nc2)c([N+](=O)[O-])c1. The summed E-state index contributed by atoms with van der Waals surface area (Å²) in [6.45, 7) is 5.58. The van der Waals surface area contributed by atoms with Gasteiger partial charge in [0, 0.05) is 23.9 Å². The van der Waals surface area contributed by atoms with Crippen molar-refractivity contribution in [1.82, 2.24) is 4.98 Å². The van der Waals surface area contributed by atoms with Crippen LogP contribution in [-0.2, 0) is 11.3 Å². The zero-order chi connectivity index (χ0) is 22.4. The highest BCUT2D eigenvalue weighted by molar-refractivity contribution is 5.87. The molecule has 1 heterocycles. The van der Waals surface area contributed by atoms with Gasteiger partial charge in [-0.2, -0.15) is 0 Å². The Morgan fingerprint density at radius 2 is 1.84 bits per heavy atom. The predicted octanol–water partition coefficient (Wildman–Crippen LogP) is 5.58. The van der Waals surface area contributed by atoms with E-state index < -0.39 is 16.6 Å². The van der Waals surface area contributed by atoms with Gasteiger partial charge in [0.25, 0.3) is 5.69 Å². The Kier molecular flexibility index (Phi) is 6.49. The zero-order valence-electron chi connectivity index (χ0n) is 17.5. The molecule has 0 spiro atoms. The summed E-state index contributed by atoms with van der Waals surface area (Å²) in [6, 6.07) is 17.5. The number of aromatic nitrogens is 1. The minimum absolute atomic E-state index is 0.159. The summed E-state index contributed by atoms with van der Waals surface area (Å²) in [5, 5.41) is 14.1. The van der Waals surface area contributed by atoms with E-state index in [4.69, 9.17) is 9.47 Å². The first kappa shape index (κ1) is 21.8. The molecule has 0 radical (unpaired) electrons. The minimum Gasteiger partial charge on any atom is -0.473 e. The molecule has 0 atom stereocenters. The van der Waals surface area contributed by atoms with Gasteiger partial charge < -0.3 is 9.47 Å². The normalized spacial score (nSPS) is 10.9. The van der Waals surface area contributed by atoms with Crippen LogP contribution in [-0.4, -0.2) is 21.6 Å². The molecule has 0 aliphatic rings. The standard InChI is InChI=1S/C23H23N3O5/c1-23(2,3)31-22(27)25-18-10-11-19(20(13-18)26(28)29)17-9-12-21(24-14-17)30-15-16-7-5-4-6-8-16/h4-14H,15H2,1-3H3,(H,25,27). The summed E-state index contributed by atoms with van der Waals surface area (Å²) in [7, 11) is 0. The van der Waals surface area contributed by atoms with E-state index in [9.17, 15) is 14.9 Å². The number of anilines is 1. The Labute approximate surface area is 180 Å². The highest BCUT2D eigenvalue weighted by Gasteiger charge is 2.20. The number of carbonyl (C=O) groups excluding carboxylic acids is 1. The third-order valence-electron chi connectivity index (χ3n) is 4.12. The van der Waals surface area contributed by atoms with E-state index in [0.717, 1.165) is 5.56 Å². The summed E-state index contributed by atoms with van der Waals surface area (Å²) < 4.78 is 10.8. The number of amides is 1. The van der Waals surface area contributed by atoms with Crippen LogP contribution in [0.5, 0.6) is 5.88 Å². The number of hydrogen-bond donors (Lipinski definition) is 1. The van der Waals surface area contributed by atoms with Gasteiger partial charge in [-0.1, -0.05) is 30.3 Å². The van der Waals surface area contributed by atoms with Crippen LogP contribution in [0.2, 0.25) is 0 Å². The van der Waals surface area contributed by atoms with E-state index in [0.29, 0.717) is 23.6 Å². The molecule has 1 N–H and O–H groups in total. The van der Waals surface area contributed by atoms with Crippen molar-refractivity contribution in [2.45, 2.75) is 33.0 Å². The van der Waals surface area contributed by atoms with E-state index in [1.807, 2.05) is 30.3 Å². The quantitative estimate of drug-likeness (QED) is 0.411. The maximum atomic E-state index is 11.9. The van der Waals surface area contributed by atoms with Crippen molar-refractivity contribution >= 4 is 17.5 Å². The van der Waals surface area contributed by atoms with Gasteiger partial charge in [0.05, 0.1) is 16.2 Å². The van der Waals surface area contributed by atoms with Crippen LogP contribution in [0, 0.1) is 10.1 Å². The van der Waals surface area contributed by atoms with Crippen molar-refractivity contribution in [3.8, 4) is 17.0 Å². The maximum absolute atomic E-state index is 11.9. The first-order valence-electron chi connectivity index (χ1n) is 9.63. The molecule has 0 unspecified atom stereocenters. The van der Waals surface area contributed by atoms with Crippen LogP contribution in [0.15, 0.2) is 66.9 Å². The van der Waals surface area contributed by atoms with Crippen molar-refractivity contribution in [3.63, 3.8) is 0 Å². The Hall–Kier alpha value is -3.94. The second-order valence-corrected chi connectivity index (χ2v) is 7.78. The van der Waals surface area contributed by atoms with Crippen molar-refractivity contribution in [2.24, 2.45) is 0 Å². The Bertz CT molecular complexity index is 1060. The minimum atomic E-state index is -0.684. The van der Waals surface area contributed by atoms with Crippen LogP contribution < -0.4 is 10.1 Å². The number of carbonyl (C=O) groups is 1. The number of hydrogen-bond acceptors (Lipinski definition) is 6. The van der Waals surface area contributed by atoms with Crippen LogP contribution in [0.4, 0.5) is 16.2 Å². The number of nitrogens with zero attached hydrogens (tertiary/aromatic N) is 2. The summed E-state index contributed by atoms with van der Waals surface area (Å²) in [6.07, 6.45) is 0.833. The van der Waals surface area contributed by atoms with Gasteiger partial charge in [-0.15, -0.1) is 0 Å². The molecule has 0 fully saturated rings. The molecule has 3 aromatic rings. The monoisotopic (exact) mass is 421 g/mol. The second-order valence-electron chi connectivity index (χ2n) is 7.78. The zero-order valence-corrected chi connectivity index (χ0v) is 17.5. The molecule has 0 saturated carbocycles. The molecule has 8 heteroatoms. The van der Waals surface area contributed by atoms with Crippen LogP contribution in [0.3, 0.4) is 0 Å². The van der Waals surface area contributed by atoms with Gasteiger partial charge in [-0.25, -0.2) is 9.78 Å². The van der Waals surface area contributed by atoms with E-state index in [1.54, 1.807) is 45.0 Å². The van der Waals surface area contributed by atoms with Crippen molar-refractivity contribution in [3.05, 3.63) is 82.5 Å². The number of pyridine rings is 1. The molecule has 8 nitrogen and oxygen atoms in total. The lowest BCUT2D eigenvalue weighted by molar-refractivity contribution is -0.384. The molecule has 1 amide bonds. The average Bonchev–Trinajstić information content (AvgIpc) is 2.72. The fraction of sp³-hybridized carbons (Fsp3) is 0.217. The summed E-state index contributed by atoms with van der Waals surface area (Å²) >= 11 is 0. The van der Waals surface area contributed by atoms with Gasteiger partial charge in [-0.05, 0) is 44.5 Å². The maximum Gasteiger partial charge on any atom is 0.412 e. The number of nitro benzene ring substituents is 1. The second kappa shape index (κ2) is 9.25. The highest BCUT2D eigenvalue weighted by atomic mass is 16.6. The van der Waals surface area contributed by atoms with E-state index in [1.165, 1.54) is 12.3 Å². The number of nitrogens with one attached hydrogen (secondary N) is 1. The summed E-state index contributed by atoms with van der Waals surface area (Å²) in [5.41, 5.74) is 1.38. The first-order valence-corrected chi connectivity index (χ1v) is 9.63. The summed E-state index contributed by atoms with van der Waals surface area (Å²) in [4.78, 5) is 27.3. The van der Waals surface area contributed by atoms with Crippen molar-refractivity contribution < 1.29 is 19.2 Å². The number of nitro groups is 1. The highest BCUT2D eigenvalue weighted by Crippen LogP contribution is 2.32. The van der Waals surface area contributed by atoms with Gasteiger partial charge in [0.15, 0.2) is 0 Å². The fourth-order valence-corrected chi connectivity index (χ4v) is 2.78. The lowest BCUT2D eigenvalue weighted by atomic mass is 10.1. The van der Waals surface area contributed by atoms with E-state index in [-0.39, 0.29) is 11.4 Å². The topological polar surface area (TPSA) is 104 Å². The van der Waals surface area contributed by atoms with Crippen LogP contribution in [0.25, 0.3) is 11.1 Å². The van der Waals surface area contributed by atoms with E-state index in [2.05, 4.69) is 10.3 Å². The third-order valence-corrected chi connectivity index (χ3v) is 4.12. The Balaban J connectivity index is 1.75. The van der Waals surface area contributed by atoms with Crippen molar-refractivity contribution in [1.29, 1.82) is 0 Å². The van der Waals surface area contributed by atoms with Gasteiger partial charge >= 0.3 is 6.09 Å². The largest absolute Gasteiger partial charge is 0.473 e. The van der Waals surface area contributed by atoms with Crippen LogP contribution in [0.1, 0.15) is 26.3 Å².